The number of piperidine rings is 1. The first-order chi connectivity index (χ1) is 10.5. The van der Waals surface area contributed by atoms with Crippen molar-refractivity contribution in [3.63, 3.8) is 0 Å². The van der Waals surface area contributed by atoms with Gasteiger partial charge < -0.3 is 15.4 Å². The lowest BCUT2D eigenvalue weighted by atomic mass is 10.0. The van der Waals surface area contributed by atoms with Gasteiger partial charge in [-0.25, -0.2) is 0 Å². The lowest BCUT2D eigenvalue weighted by Gasteiger charge is -2.33. The highest BCUT2D eigenvalue weighted by atomic mass is 35.5. The van der Waals surface area contributed by atoms with Crippen molar-refractivity contribution in [2.24, 2.45) is 5.73 Å². The second kappa shape index (κ2) is 7.14. The van der Waals surface area contributed by atoms with Crippen LogP contribution in [0.1, 0.15) is 24.8 Å². The second-order valence-electron chi connectivity index (χ2n) is 5.05. The first-order valence-corrected chi connectivity index (χ1v) is 7.32. The summed E-state index contributed by atoms with van der Waals surface area (Å²) in [5, 5.41) is 9.03. The van der Waals surface area contributed by atoms with Crippen LogP contribution < -0.4 is 10.5 Å². The third kappa shape index (κ3) is 3.68. The van der Waals surface area contributed by atoms with Crippen LogP contribution in [0.4, 0.5) is 0 Å². The molecule has 2 amide bonds. The molecule has 1 aliphatic rings. The van der Waals surface area contributed by atoms with Gasteiger partial charge in [-0.05, 0) is 37.5 Å². The van der Waals surface area contributed by atoms with E-state index in [-0.39, 0.29) is 17.5 Å². The van der Waals surface area contributed by atoms with Gasteiger partial charge in [-0.15, -0.1) is 0 Å². The van der Waals surface area contributed by atoms with E-state index in [1.54, 1.807) is 6.07 Å². The van der Waals surface area contributed by atoms with Gasteiger partial charge in [0.1, 0.15) is 11.8 Å². The van der Waals surface area contributed by atoms with Crippen LogP contribution in [0.3, 0.4) is 0 Å². The fourth-order valence-corrected chi connectivity index (χ4v) is 2.67. The number of hydrogen-bond donors (Lipinski definition) is 1. The van der Waals surface area contributed by atoms with Crippen molar-refractivity contribution in [1.82, 2.24) is 4.90 Å². The Bertz CT molecular complexity index is 627. The summed E-state index contributed by atoms with van der Waals surface area (Å²) in [6.45, 7) is 0.270. The molecule has 1 atom stereocenters. The smallest absolute Gasteiger partial charge is 0.261 e. The third-order valence-electron chi connectivity index (χ3n) is 3.56. The highest BCUT2D eigenvalue weighted by Gasteiger charge is 2.30. The van der Waals surface area contributed by atoms with Crippen LogP contribution >= 0.6 is 11.6 Å². The molecule has 116 valence electrons. The van der Waals surface area contributed by atoms with Gasteiger partial charge in [-0.2, -0.15) is 5.26 Å². The predicted molar refractivity (Wildman–Crippen MR) is 80.2 cm³/mol. The summed E-state index contributed by atoms with van der Waals surface area (Å²) in [5.74, 6) is -0.477. The van der Waals surface area contributed by atoms with E-state index in [0.29, 0.717) is 24.3 Å². The summed E-state index contributed by atoms with van der Waals surface area (Å²) in [6.07, 6.45) is 2.30. The van der Waals surface area contributed by atoms with Crippen LogP contribution in [-0.2, 0) is 9.59 Å². The summed E-state index contributed by atoms with van der Waals surface area (Å²) in [4.78, 5) is 25.1. The molecule has 7 heteroatoms. The van der Waals surface area contributed by atoms with Crippen LogP contribution in [0.15, 0.2) is 18.2 Å². The fourth-order valence-electron chi connectivity index (χ4n) is 2.44. The van der Waals surface area contributed by atoms with Crippen molar-refractivity contribution in [3.8, 4) is 11.8 Å². The monoisotopic (exact) mass is 321 g/mol. The molecule has 1 aromatic rings. The zero-order valence-electron chi connectivity index (χ0n) is 11.9. The van der Waals surface area contributed by atoms with Gasteiger partial charge in [0.15, 0.2) is 6.61 Å². The third-order valence-corrected chi connectivity index (χ3v) is 3.86. The highest BCUT2D eigenvalue weighted by Crippen LogP contribution is 2.25. The van der Waals surface area contributed by atoms with Crippen LogP contribution in [0, 0.1) is 11.3 Å². The molecule has 0 aromatic heterocycles. The lowest BCUT2D eigenvalue weighted by Crippen LogP contribution is -2.51. The molecule has 1 unspecified atom stereocenters. The second-order valence-corrected chi connectivity index (χ2v) is 5.45. The van der Waals surface area contributed by atoms with E-state index in [0.717, 1.165) is 12.8 Å². The number of ether oxygens (including phenoxy) is 1. The maximum Gasteiger partial charge on any atom is 0.261 e. The summed E-state index contributed by atoms with van der Waals surface area (Å²) >= 11 is 5.98. The van der Waals surface area contributed by atoms with Crippen molar-refractivity contribution in [2.75, 3.05) is 13.2 Å². The average Bonchev–Trinajstić information content (AvgIpc) is 2.53. The lowest BCUT2D eigenvalue weighted by molar-refractivity contribution is -0.142. The van der Waals surface area contributed by atoms with Crippen molar-refractivity contribution >= 4 is 23.4 Å². The van der Waals surface area contributed by atoms with Gasteiger partial charge in [0.05, 0.1) is 16.7 Å². The van der Waals surface area contributed by atoms with Gasteiger partial charge in [0.25, 0.3) is 5.91 Å². The molecule has 2 N–H and O–H groups in total. The normalized spacial score (nSPS) is 17.6. The molecule has 0 bridgehead atoms. The zero-order valence-corrected chi connectivity index (χ0v) is 12.7. The van der Waals surface area contributed by atoms with Gasteiger partial charge in [-0.3, -0.25) is 9.59 Å². The van der Waals surface area contributed by atoms with Crippen LogP contribution in [-0.4, -0.2) is 35.9 Å². The molecule has 0 saturated carbocycles. The number of rotatable bonds is 4. The van der Waals surface area contributed by atoms with Gasteiger partial charge >= 0.3 is 0 Å². The van der Waals surface area contributed by atoms with Crippen LogP contribution in [0.2, 0.25) is 5.02 Å². The van der Waals surface area contributed by atoms with Crippen LogP contribution in [0.25, 0.3) is 0 Å². The number of carbonyl (C=O) groups is 2. The minimum Gasteiger partial charge on any atom is -0.482 e. The standard InChI is InChI=1S/C15H16ClN3O3/c16-11-7-10(8-17)4-5-13(11)22-9-14(20)19-6-2-1-3-12(19)15(18)21/h4-5,7,12H,1-3,6,9H2,(H2,18,21). The van der Waals surface area contributed by atoms with Crippen molar-refractivity contribution < 1.29 is 14.3 Å². The number of nitrogens with two attached hydrogens (primary N) is 1. The molecule has 1 heterocycles. The molecule has 1 aliphatic heterocycles. The Labute approximate surface area is 133 Å². The molecule has 1 saturated heterocycles. The SMILES string of the molecule is N#Cc1ccc(OCC(=O)N2CCCCC2C(N)=O)c(Cl)c1. The highest BCUT2D eigenvalue weighted by molar-refractivity contribution is 6.32. The van der Waals surface area contributed by atoms with Crippen molar-refractivity contribution in [2.45, 2.75) is 25.3 Å². The van der Waals surface area contributed by atoms with Crippen LogP contribution in [0.5, 0.6) is 5.75 Å². The molecule has 0 spiro atoms. The predicted octanol–water partition coefficient (Wildman–Crippen LogP) is 1.46. The summed E-state index contributed by atoms with van der Waals surface area (Å²) < 4.78 is 5.39. The Morgan fingerprint density at radius 3 is 2.86 bits per heavy atom. The molecule has 22 heavy (non-hydrogen) atoms. The zero-order chi connectivity index (χ0) is 16.1. The quantitative estimate of drug-likeness (QED) is 0.907. The number of likely N-dealkylation sites (tertiary alicyclic amines) is 1. The van der Waals surface area contributed by atoms with Gasteiger partial charge in [-0.1, -0.05) is 11.6 Å². The molecule has 1 aromatic carbocycles. The minimum absolute atomic E-state index is 0.227. The first-order valence-electron chi connectivity index (χ1n) is 6.94. The van der Waals surface area contributed by atoms with E-state index in [2.05, 4.69) is 0 Å². The molecular formula is C15H16ClN3O3. The Kier molecular flexibility index (Phi) is 5.23. The Morgan fingerprint density at radius 2 is 2.23 bits per heavy atom. The van der Waals surface area contributed by atoms with E-state index in [1.165, 1.54) is 17.0 Å². The number of benzene rings is 1. The minimum atomic E-state index is -0.568. The first kappa shape index (κ1) is 16.1. The van der Waals surface area contributed by atoms with Gasteiger partial charge in [0, 0.05) is 6.54 Å². The largest absolute Gasteiger partial charge is 0.482 e. The molecule has 6 nitrogen and oxygen atoms in total. The van der Waals surface area contributed by atoms with E-state index in [1.807, 2.05) is 6.07 Å². The number of amides is 2. The van der Waals surface area contributed by atoms with E-state index in [9.17, 15) is 9.59 Å². The Morgan fingerprint density at radius 1 is 1.45 bits per heavy atom. The summed E-state index contributed by atoms with van der Waals surface area (Å²) in [5.41, 5.74) is 5.74. The van der Waals surface area contributed by atoms with Crippen molar-refractivity contribution in [3.05, 3.63) is 28.8 Å². The molecule has 1 fully saturated rings. The molecule has 2 rings (SSSR count). The number of carbonyl (C=O) groups excluding carboxylic acids is 2. The van der Waals surface area contributed by atoms with E-state index < -0.39 is 11.9 Å². The number of nitrogens with zero attached hydrogens (tertiary/aromatic N) is 2. The number of halogens is 1. The maximum atomic E-state index is 12.2. The van der Waals surface area contributed by atoms with E-state index in [4.69, 9.17) is 27.3 Å². The average molecular weight is 322 g/mol. The summed E-state index contributed by atoms with van der Waals surface area (Å²) in [6, 6.07) is 5.95. The number of nitriles is 1. The van der Waals surface area contributed by atoms with Crippen molar-refractivity contribution in [1.29, 1.82) is 5.26 Å². The topological polar surface area (TPSA) is 96.4 Å². The van der Waals surface area contributed by atoms with E-state index >= 15 is 0 Å². The van der Waals surface area contributed by atoms with Gasteiger partial charge in [0.2, 0.25) is 5.91 Å². The fraction of sp³-hybridized carbons (Fsp3) is 0.400. The molecule has 0 aliphatic carbocycles. The number of hydrogen-bond acceptors (Lipinski definition) is 4. The number of primary amides is 1. The summed E-state index contributed by atoms with van der Waals surface area (Å²) in [7, 11) is 0. The Balaban J connectivity index is 2.00. The maximum absolute atomic E-state index is 12.2. The molecule has 0 radical (unpaired) electrons. The molecular weight excluding hydrogens is 306 g/mol. The Hall–Kier alpha value is -2.26.